The van der Waals surface area contributed by atoms with Crippen molar-refractivity contribution in [1.82, 2.24) is 24.8 Å². The van der Waals surface area contributed by atoms with Crippen LogP contribution in [0, 0.1) is 5.82 Å². The standard InChI is InChI=1S/C25H22FN5O2/c26-19-9-7-17(8-10-19)12-20-15-29-24(33-20)23-6-1-2-11-31(23)25(32)22-5-3-4-21(30-22)18-13-27-16-28-14-18/h3-5,7-10,13-16,23H,1-2,6,11-12H2. The molecule has 4 aromatic rings. The Bertz CT molecular complexity index is 1240. The molecule has 0 radical (unpaired) electrons. The van der Waals surface area contributed by atoms with Gasteiger partial charge in [0, 0.05) is 30.9 Å². The number of hydrogen-bond donors (Lipinski definition) is 0. The largest absolute Gasteiger partial charge is 0.443 e. The molecular formula is C25H22FN5O2. The van der Waals surface area contributed by atoms with Gasteiger partial charge < -0.3 is 9.32 Å². The smallest absolute Gasteiger partial charge is 0.273 e. The van der Waals surface area contributed by atoms with E-state index in [-0.39, 0.29) is 17.8 Å². The number of benzene rings is 1. The van der Waals surface area contributed by atoms with Gasteiger partial charge >= 0.3 is 0 Å². The van der Waals surface area contributed by atoms with E-state index in [0.717, 1.165) is 30.4 Å². The van der Waals surface area contributed by atoms with Gasteiger partial charge in [0.1, 0.15) is 29.6 Å². The van der Waals surface area contributed by atoms with Crippen molar-refractivity contribution >= 4 is 5.91 Å². The van der Waals surface area contributed by atoms with Crippen molar-refractivity contribution in [3.63, 3.8) is 0 Å². The summed E-state index contributed by atoms with van der Waals surface area (Å²) >= 11 is 0. The molecule has 0 spiro atoms. The van der Waals surface area contributed by atoms with E-state index in [9.17, 15) is 9.18 Å². The Morgan fingerprint density at radius 2 is 1.88 bits per heavy atom. The van der Waals surface area contributed by atoms with Crippen molar-refractivity contribution < 1.29 is 13.6 Å². The molecule has 1 fully saturated rings. The Labute approximate surface area is 190 Å². The molecular weight excluding hydrogens is 421 g/mol. The summed E-state index contributed by atoms with van der Waals surface area (Å²) in [7, 11) is 0. The average molecular weight is 443 g/mol. The number of amides is 1. The lowest BCUT2D eigenvalue weighted by Crippen LogP contribution is -2.39. The number of rotatable bonds is 5. The molecule has 1 saturated heterocycles. The van der Waals surface area contributed by atoms with Crippen LogP contribution in [-0.2, 0) is 6.42 Å². The van der Waals surface area contributed by atoms with Crippen LogP contribution in [0.5, 0.6) is 0 Å². The third-order valence-electron chi connectivity index (χ3n) is 5.74. The van der Waals surface area contributed by atoms with Crippen LogP contribution < -0.4 is 0 Å². The second kappa shape index (κ2) is 9.28. The molecule has 1 aromatic carbocycles. The molecule has 0 N–H and O–H groups in total. The third kappa shape index (κ3) is 4.64. The van der Waals surface area contributed by atoms with E-state index >= 15 is 0 Å². The van der Waals surface area contributed by atoms with Gasteiger partial charge in [-0.1, -0.05) is 18.2 Å². The monoisotopic (exact) mass is 443 g/mol. The molecule has 1 atom stereocenters. The number of carbonyl (C=O) groups excluding carboxylic acids is 1. The summed E-state index contributed by atoms with van der Waals surface area (Å²) < 4.78 is 19.2. The molecule has 166 valence electrons. The van der Waals surface area contributed by atoms with E-state index in [1.54, 1.807) is 41.7 Å². The van der Waals surface area contributed by atoms with Gasteiger partial charge in [0.2, 0.25) is 5.89 Å². The maximum atomic E-state index is 13.4. The first-order chi connectivity index (χ1) is 16.2. The summed E-state index contributed by atoms with van der Waals surface area (Å²) in [5.41, 5.74) is 2.69. The van der Waals surface area contributed by atoms with Gasteiger partial charge in [-0.25, -0.2) is 24.3 Å². The lowest BCUT2D eigenvalue weighted by Gasteiger charge is -2.33. The summed E-state index contributed by atoms with van der Waals surface area (Å²) in [6.45, 7) is 0.611. The minimum atomic E-state index is -0.272. The molecule has 0 aliphatic carbocycles. The predicted octanol–water partition coefficient (Wildman–Crippen LogP) is 4.62. The van der Waals surface area contributed by atoms with Crippen LogP contribution in [0.4, 0.5) is 4.39 Å². The van der Waals surface area contributed by atoms with Gasteiger partial charge in [-0.15, -0.1) is 0 Å². The van der Waals surface area contributed by atoms with E-state index in [4.69, 9.17) is 4.42 Å². The molecule has 1 aliphatic heterocycles. The third-order valence-corrected chi connectivity index (χ3v) is 5.74. The normalized spacial score (nSPS) is 16.0. The van der Waals surface area contributed by atoms with Crippen LogP contribution in [0.25, 0.3) is 11.3 Å². The van der Waals surface area contributed by atoms with Gasteiger partial charge in [-0.3, -0.25) is 4.79 Å². The number of carbonyl (C=O) groups is 1. The fourth-order valence-corrected chi connectivity index (χ4v) is 4.09. The summed E-state index contributed by atoms with van der Waals surface area (Å²) in [5.74, 6) is 0.772. The number of oxazole rings is 1. The molecule has 7 nitrogen and oxygen atoms in total. The molecule has 5 rings (SSSR count). The Morgan fingerprint density at radius 1 is 1.06 bits per heavy atom. The first-order valence-corrected chi connectivity index (χ1v) is 10.9. The fourth-order valence-electron chi connectivity index (χ4n) is 4.09. The Kier molecular flexibility index (Phi) is 5.89. The average Bonchev–Trinajstić information content (AvgIpc) is 3.34. The van der Waals surface area contributed by atoms with Crippen LogP contribution in [0.1, 0.15) is 53.0 Å². The van der Waals surface area contributed by atoms with Crippen molar-refractivity contribution in [2.24, 2.45) is 0 Å². The van der Waals surface area contributed by atoms with Gasteiger partial charge in [-0.2, -0.15) is 0 Å². The number of halogens is 1. The summed E-state index contributed by atoms with van der Waals surface area (Å²) in [6, 6.07) is 11.4. The highest BCUT2D eigenvalue weighted by Crippen LogP contribution is 2.32. The quantitative estimate of drug-likeness (QED) is 0.447. The molecule has 0 bridgehead atoms. The van der Waals surface area contributed by atoms with Crippen molar-refractivity contribution in [3.05, 3.63) is 96.1 Å². The Morgan fingerprint density at radius 3 is 2.70 bits per heavy atom. The first-order valence-electron chi connectivity index (χ1n) is 10.9. The molecule has 33 heavy (non-hydrogen) atoms. The number of likely N-dealkylation sites (tertiary alicyclic amines) is 1. The Hall–Kier alpha value is -3.94. The molecule has 0 saturated carbocycles. The van der Waals surface area contributed by atoms with Crippen LogP contribution >= 0.6 is 0 Å². The maximum Gasteiger partial charge on any atom is 0.273 e. The maximum absolute atomic E-state index is 13.4. The van der Waals surface area contributed by atoms with Crippen molar-refractivity contribution in [1.29, 1.82) is 0 Å². The minimum absolute atomic E-state index is 0.156. The second-order valence-electron chi connectivity index (χ2n) is 8.01. The molecule has 1 amide bonds. The highest BCUT2D eigenvalue weighted by atomic mass is 19.1. The lowest BCUT2D eigenvalue weighted by molar-refractivity contribution is 0.0564. The van der Waals surface area contributed by atoms with E-state index in [2.05, 4.69) is 19.9 Å². The summed E-state index contributed by atoms with van der Waals surface area (Å²) in [5, 5.41) is 0. The van der Waals surface area contributed by atoms with Gasteiger partial charge in [0.05, 0.1) is 11.9 Å². The zero-order valence-electron chi connectivity index (χ0n) is 17.9. The number of pyridine rings is 1. The van der Waals surface area contributed by atoms with Crippen LogP contribution in [0.3, 0.4) is 0 Å². The number of hydrogen-bond acceptors (Lipinski definition) is 6. The van der Waals surface area contributed by atoms with Gasteiger partial charge in [-0.05, 0) is 49.1 Å². The van der Waals surface area contributed by atoms with E-state index in [0.29, 0.717) is 36.0 Å². The van der Waals surface area contributed by atoms with Crippen LogP contribution in [0.15, 0.2) is 71.8 Å². The van der Waals surface area contributed by atoms with Crippen LogP contribution in [-0.4, -0.2) is 37.3 Å². The van der Waals surface area contributed by atoms with Crippen molar-refractivity contribution in [2.75, 3.05) is 6.54 Å². The highest BCUT2D eigenvalue weighted by Gasteiger charge is 2.32. The predicted molar refractivity (Wildman–Crippen MR) is 119 cm³/mol. The fraction of sp³-hybridized carbons (Fsp3) is 0.240. The molecule has 3 aromatic heterocycles. The minimum Gasteiger partial charge on any atom is -0.443 e. The van der Waals surface area contributed by atoms with E-state index in [1.807, 2.05) is 12.1 Å². The van der Waals surface area contributed by atoms with Crippen LogP contribution in [0.2, 0.25) is 0 Å². The summed E-state index contributed by atoms with van der Waals surface area (Å²) in [4.78, 5) is 32.3. The molecule has 8 heteroatoms. The highest BCUT2D eigenvalue weighted by molar-refractivity contribution is 5.93. The lowest BCUT2D eigenvalue weighted by atomic mass is 10.0. The topological polar surface area (TPSA) is 85.0 Å². The second-order valence-corrected chi connectivity index (χ2v) is 8.01. The number of aromatic nitrogens is 4. The van der Waals surface area contributed by atoms with E-state index < -0.39 is 0 Å². The van der Waals surface area contributed by atoms with Crippen molar-refractivity contribution in [2.45, 2.75) is 31.7 Å². The van der Waals surface area contributed by atoms with E-state index in [1.165, 1.54) is 18.5 Å². The van der Waals surface area contributed by atoms with Gasteiger partial charge in [0.15, 0.2) is 0 Å². The SMILES string of the molecule is O=C(c1cccc(-c2cncnc2)n1)N1CCCCC1c1ncc(Cc2ccc(F)cc2)o1. The Balaban J connectivity index is 1.37. The molecule has 1 unspecified atom stereocenters. The van der Waals surface area contributed by atoms with Gasteiger partial charge in [0.25, 0.3) is 5.91 Å². The zero-order valence-corrected chi connectivity index (χ0v) is 17.9. The zero-order chi connectivity index (χ0) is 22.6. The number of nitrogens with zero attached hydrogens (tertiary/aromatic N) is 5. The molecule has 1 aliphatic rings. The van der Waals surface area contributed by atoms with Crippen molar-refractivity contribution in [3.8, 4) is 11.3 Å². The first kappa shape index (κ1) is 20.9. The number of piperidine rings is 1. The summed E-state index contributed by atoms with van der Waals surface area (Å²) in [6.07, 6.45) is 9.66. The molecule has 4 heterocycles.